The van der Waals surface area contributed by atoms with E-state index in [1.165, 1.54) is 12.1 Å². The Morgan fingerprint density at radius 1 is 1.40 bits per heavy atom. The lowest BCUT2D eigenvalue weighted by Crippen LogP contribution is -2.40. The summed E-state index contributed by atoms with van der Waals surface area (Å²) in [4.78, 5) is 6.77. The van der Waals surface area contributed by atoms with Crippen LogP contribution in [0.5, 0.6) is 0 Å². The Kier molecular flexibility index (Phi) is 10.3. The third kappa shape index (κ3) is 7.07. The summed E-state index contributed by atoms with van der Waals surface area (Å²) in [6.45, 7) is 8.45. The molecular weight excluding hydrogens is 436 g/mol. The van der Waals surface area contributed by atoms with E-state index in [9.17, 15) is 9.50 Å². The number of aliphatic hydroxyl groups excluding tert-OH is 1. The first kappa shape index (κ1) is 22.1. The fourth-order valence-corrected chi connectivity index (χ4v) is 2.83. The summed E-state index contributed by atoms with van der Waals surface area (Å²) in [5.74, 6) is 1.04. The van der Waals surface area contributed by atoms with Crippen molar-refractivity contribution in [3.05, 3.63) is 35.6 Å². The van der Waals surface area contributed by atoms with Crippen molar-refractivity contribution >= 4 is 29.9 Å². The van der Waals surface area contributed by atoms with Crippen LogP contribution in [0.1, 0.15) is 31.9 Å². The van der Waals surface area contributed by atoms with E-state index >= 15 is 0 Å². The molecule has 2 atom stereocenters. The Morgan fingerprint density at radius 2 is 2.12 bits per heavy atom. The first-order valence-corrected chi connectivity index (χ1v) is 8.68. The molecule has 0 aliphatic carbocycles. The van der Waals surface area contributed by atoms with Gasteiger partial charge in [-0.25, -0.2) is 4.39 Å². The Bertz CT molecular complexity index is 528. The van der Waals surface area contributed by atoms with Gasteiger partial charge >= 0.3 is 0 Å². The van der Waals surface area contributed by atoms with Gasteiger partial charge in [0.15, 0.2) is 5.96 Å². The number of nitrogens with zero attached hydrogens (tertiary/aromatic N) is 2. The SMILES string of the molecule is CCNC(=NCC(O)c1ccc(F)cc1)N1CCC(COCC)C1.I. The summed E-state index contributed by atoms with van der Waals surface area (Å²) in [5, 5.41) is 13.5. The van der Waals surface area contributed by atoms with Gasteiger partial charge in [0.1, 0.15) is 5.82 Å². The van der Waals surface area contributed by atoms with Gasteiger partial charge in [-0.05, 0) is 38.0 Å². The van der Waals surface area contributed by atoms with Crippen molar-refractivity contribution in [2.75, 3.05) is 39.4 Å². The number of hydrogen-bond acceptors (Lipinski definition) is 3. The quantitative estimate of drug-likeness (QED) is 0.370. The molecule has 7 heteroatoms. The van der Waals surface area contributed by atoms with Crippen LogP contribution in [0.25, 0.3) is 0 Å². The van der Waals surface area contributed by atoms with E-state index in [1.807, 2.05) is 13.8 Å². The van der Waals surface area contributed by atoms with E-state index in [-0.39, 0.29) is 36.3 Å². The number of hydrogen-bond donors (Lipinski definition) is 2. The van der Waals surface area contributed by atoms with Crippen LogP contribution >= 0.6 is 24.0 Å². The highest BCUT2D eigenvalue weighted by Crippen LogP contribution is 2.18. The highest BCUT2D eigenvalue weighted by Gasteiger charge is 2.25. The number of benzene rings is 1. The third-order valence-electron chi connectivity index (χ3n) is 4.15. The number of likely N-dealkylation sites (tertiary alicyclic amines) is 1. The molecule has 25 heavy (non-hydrogen) atoms. The van der Waals surface area contributed by atoms with E-state index in [0.717, 1.165) is 45.2 Å². The molecule has 1 aromatic rings. The summed E-state index contributed by atoms with van der Waals surface area (Å²) >= 11 is 0. The molecule has 0 bridgehead atoms. The number of ether oxygens (including phenoxy) is 1. The Morgan fingerprint density at radius 3 is 2.76 bits per heavy atom. The van der Waals surface area contributed by atoms with Crippen LogP contribution in [0, 0.1) is 11.7 Å². The van der Waals surface area contributed by atoms with Crippen LogP contribution in [0.2, 0.25) is 0 Å². The summed E-state index contributed by atoms with van der Waals surface area (Å²) in [6, 6.07) is 5.89. The van der Waals surface area contributed by atoms with Crippen LogP contribution in [0.4, 0.5) is 4.39 Å². The average Bonchev–Trinajstić information content (AvgIpc) is 3.06. The Balaban J connectivity index is 0.00000312. The highest BCUT2D eigenvalue weighted by atomic mass is 127. The number of aliphatic imine (C=N–C) groups is 1. The lowest BCUT2D eigenvalue weighted by molar-refractivity contribution is 0.114. The van der Waals surface area contributed by atoms with E-state index in [4.69, 9.17) is 4.74 Å². The minimum Gasteiger partial charge on any atom is -0.386 e. The minimum atomic E-state index is -0.735. The summed E-state index contributed by atoms with van der Waals surface area (Å²) < 4.78 is 18.5. The van der Waals surface area contributed by atoms with E-state index in [0.29, 0.717) is 11.5 Å². The number of halogens is 2. The zero-order valence-corrected chi connectivity index (χ0v) is 17.3. The zero-order chi connectivity index (χ0) is 17.4. The average molecular weight is 465 g/mol. The molecule has 5 nitrogen and oxygen atoms in total. The third-order valence-corrected chi connectivity index (χ3v) is 4.15. The second-order valence-corrected chi connectivity index (χ2v) is 6.02. The van der Waals surface area contributed by atoms with Gasteiger partial charge in [0, 0.05) is 32.2 Å². The fraction of sp³-hybridized carbons (Fsp3) is 0.611. The first-order valence-electron chi connectivity index (χ1n) is 8.68. The lowest BCUT2D eigenvalue weighted by atomic mass is 10.1. The van der Waals surface area contributed by atoms with Crippen LogP contribution < -0.4 is 5.32 Å². The summed E-state index contributed by atoms with van der Waals surface area (Å²) in [7, 11) is 0. The van der Waals surface area contributed by atoms with E-state index in [2.05, 4.69) is 15.2 Å². The molecule has 2 N–H and O–H groups in total. The Labute approximate surface area is 166 Å². The van der Waals surface area contributed by atoms with Crippen molar-refractivity contribution in [2.24, 2.45) is 10.9 Å². The van der Waals surface area contributed by atoms with Crippen LogP contribution in [-0.2, 0) is 4.74 Å². The predicted molar refractivity (Wildman–Crippen MR) is 109 cm³/mol. The topological polar surface area (TPSA) is 57.1 Å². The molecule has 0 radical (unpaired) electrons. The normalized spacial score (nSPS) is 18.8. The maximum atomic E-state index is 13.0. The smallest absolute Gasteiger partial charge is 0.194 e. The number of rotatable bonds is 7. The largest absolute Gasteiger partial charge is 0.386 e. The first-order chi connectivity index (χ1) is 11.6. The molecule has 0 aromatic heterocycles. The molecular formula is C18H29FIN3O2. The van der Waals surface area contributed by atoms with E-state index in [1.54, 1.807) is 12.1 Å². The van der Waals surface area contributed by atoms with Crippen LogP contribution in [-0.4, -0.2) is 55.4 Å². The molecule has 1 aliphatic heterocycles. The molecule has 0 spiro atoms. The number of nitrogens with one attached hydrogen (secondary N) is 1. The predicted octanol–water partition coefficient (Wildman–Crippen LogP) is 2.80. The van der Waals surface area contributed by atoms with Gasteiger partial charge in [-0.3, -0.25) is 4.99 Å². The van der Waals surface area contributed by atoms with E-state index < -0.39 is 6.10 Å². The molecule has 1 saturated heterocycles. The minimum absolute atomic E-state index is 0. The van der Waals surface area contributed by atoms with Crippen molar-refractivity contribution in [1.29, 1.82) is 0 Å². The second kappa shape index (κ2) is 11.6. The number of guanidine groups is 1. The number of aliphatic hydroxyl groups is 1. The van der Waals surface area contributed by atoms with Gasteiger partial charge in [-0.2, -0.15) is 0 Å². The maximum absolute atomic E-state index is 13.0. The van der Waals surface area contributed by atoms with Gasteiger partial charge in [0.2, 0.25) is 0 Å². The molecule has 2 rings (SSSR count). The van der Waals surface area contributed by atoms with Gasteiger partial charge in [-0.1, -0.05) is 12.1 Å². The maximum Gasteiger partial charge on any atom is 0.194 e. The van der Waals surface area contributed by atoms with Gasteiger partial charge in [0.05, 0.1) is 19.3 Å². The van der Waals surface area contributed by atoms with Crippen molar-refractivity contribution in [2.45, 2.75) is 26.4 Å². The molecule has 1 heterocycles. The van der Waals surface area contributed by atoms with Gasteiger partial charge in [0.25, 0.3) is 0 Å². The molecule has 1 fully saturated rings. The fourth-order valence-electron chi connectivity index (χ4n) is 2.83. The van der Waals surface area contributed by atoms with Crippen molar-refractivity contribution in [3.8, 4) is 0 Å². The molecule has 142 valence electrons. The summed E-state index contributed by atoms with van der Waals surface area (Å²) in [6.07, 6.45) is 0.353. The molecule has 0 amide bonds. The standard InChI is InChI=1S/C18H28FN3O2.HI/c1-3-20-18(22-10-9-14(12-22)13-24-4-2)21-11-17(23)15-5-7-16(19)8-6-15;/h5-8,14,17,23H,3-4,9-13H2,1-2H3,(H,20,21);1H. The zero-order valence-electron chi connectivity index (χ0n) is 14.9. The molecule has 0 saturated carbocycles. The Hall–Kier alpha value is -0.930. The van der Waals surface area contributed by atoms with Crippen molar-refractivity contribution in [1.82, 2.24) is 10.2 Å². The monoisotopic (exact) mass is 465 g/mol. The second-order valence-electron chi connectivity index (χ2n) is 6.02. The van der Waals surface area contributed by atoms with Crippen LogP contribution in [0.3, 0.4) is 0 Å². The lowest BCUT2D eigenvalue weighted by Gasteiger charge is -2.22. The molecule has 2 unspecified atom stereocenters. The molecule has 1 aromatic carbocycles. The summed E-state index contributed by atoms with van der Waals surface area (Å²) in [5.41, 5.74) is 0.673. The highest BCUT2D eigenvalue weighted by molar-refractivity contribution is 14.0. The van der Waals surface area contributed by atoms with Gasteiger partial charge < -0.3 is 20.1 Å². The van der Waals surface area contributed by atoms with Crippen molar-refractivity contribution in [3.63, 3.8) is 0 Å². The molecule has 1 aliphatic rings. The van der Waals surface area contributed by atoms with Crippen LogP contribution in [0.15, 0.2) is 29.3 Å². The van der Waals surface area contributed by atoms with Crippen molar-refractivity contribution < 1.29 is 14.2 Å². The van der Waals surface area contributed by atoms with Gasteiger partial charge in [-0.15, -0.1) is 24.0 Å².